The summed E-state index contributed by atoms with van der Waals surface area (Å²) in [5.74, 6) is -0.647. The van der Waals surface area contributed by atoms with E-state index in [-0.39, 0.29) is 18.0 Å². The zero-order valence-electron chi connectivity index (χ0n) is 15.1. The SMILES string of the molecule is CCn1ncc(Br)c1C(=O)Nc1sc2c(c1C(=O)OC(C)C)CCCC2. The quantitative estimate of drug-likeness (QED) is 0.699. The lowest BCUT2D eigenvalue weighted by Crippen LogP contribution is -2.20. The number of aromatic nitrogens is 2. The molecule has 0 aliphatic heterocycles. The van der Waals surface area contributed by atoms with E-state index in [1.165, 1.54) is 16.2 Å². The van der Waals surface area contributed by atoms with E-state index < -0.39 is 0 Å². The Balaban J connectivity index is 1.96. The van der Waals surface area contributed by atoms with Gasteiger partial charge in [-0.3, -0.25) is 9.48 Å². The summed E-state index contributed by atoms with van der Waals surface area (Å²) in [6.45, 7) is 6.15. The average molecular weight is 440 g/mol. The van der Waals surface area contributed by atoms with Crippen molar-refractivity contribution in [2.24, 2.45) is 0 Å². The fourth-order valence-corrected chi connectivity index (χ4v) is 4.88. The molecule has 0 radical (unpaired) electrons. The van der Waals surface area contributed by atoms with Crippen LogP contribution in [-0.4, -0.2) is 27.8 Å². The zero-order valence-corrected chi connectivity index (χ0v) is 17.5. The number of esters is 1. The van der Waals surface area contributed by atoms with Crippen LogP contribution in [0.1, 0.15) is 64.9 Å². The van der Waals surface area contributed by atoms with E-state index >= 15 is 0 Å². The molecule has 0 aromatic carbocycles. The van der Waals surface area contributed by atoms with Crippen LogP contribution in [0.15, 0.2) is 10.7 Å². The van der Waals surface area contributed by atoms with Crippen molar-refractivity contribution in [2.45, 2.75) is 59.1 Å². The molecule has 2 aromatic heterocycles. The zero-order chi connectivity index (χ0) is 18.8. The van der Waals surface area contributed by atoms with E-state index in [0.29, 0.717) is 27.3 Å². The van der Waals surface area contributed by atoms with E-state index in [1.807, 2.05) is 20.8 Å². The Morgan fingerprint density at radius 3 is 2.81 bits per heavy atom. The molecule has 0 bridgehead atoms. The molecule has 2 aromatic rings. The molecule has 0 unspecified atom stereocenters. The highest BCUT2D eigenvalue weighted by Gasteiger charge is 2.29. The van der Waals surface area contributed by atoms with Gasteiger partial charge in [-0.1, -0.05) is 0 Å². The van der Waals surface area contributed by atoms with E-state index in [9.17, 15) is 9.59 Å². The Morgan fingerprint density at radius 1 is 1.38 bits per heavy atom. The van der Waals surface area contributed by atoms with Gasteiger partial charge in [-0.15, -0.1) is 11.3 Å². The minimum Gasteiger partial charge on any atom is -0.459 e. The van der Waals surface area contributed by atoms with E-state index in [1.54, 1.807) is 10.9 Å². The maximum atomic E-state index is 12.8. The average Bonchev–Trinajstić information content (AvgIpc) is 3.13. The number of nitrogens with one attached hydrogen (secondary N) is 1. The fraction of sp³-hybridized carbons (Fsp3) is 0.500. The summed E-state index contributed by atoms with van der Waals surface area (Å²) in [5.41, 5.74) is 2.00. The highest BCUT2D eigenvalue weighted by atomic mass is 79.9. The van der Waals surface area contributed by atoms with Crippen molar-refractivity contribution in [3.63, 3.8) is 0 Å². The van der Waals surface area contributed by atoms with Gasteiger partial charge in [-0.2, -0.15) is 5.10 Å². The van der Waals surface area contributed by atoms with Crippen LogP contribution < -0.4 is 5.32 Å². The molecular weight excluding hydrogens is 418 g/mol. The van der Waals surface area contributed by atoms with Crippen LogP contribution in [0.25, 0.3) is 0 Å². The first-order valence-electron chi connectivity index (χ1n) is 8.80. The van der Waals surface area contributed by atoms with Crippen LogP contribution in [0.5, 0.6) is 0 Å². The molecule has 0 spiro atoms. The summed E-state index contributed by atoms with van der Waals surface area (Å²) in [7, 11) is 0. The fourth-order valence-electron chi connectivity index (χ4n) is 3.13. The van der Waals surface area contributed by atoms with Crippen molar-refractivity contribution in [3.8, 4) is 0 Å². The lowest BCUT2D eigenvalue weighted by atomic mass is 9.95. The van der Waals surface area contributed by atoms with Gasteiger partial charge >= 0.3 is 5.97 Å². The first-order chi connectivity index (χ1) is 12.4. The van der Waals surface area contributed by atoms with Gasteiger partial charge in [0.25, 0.3) is 5.91 Å². The van der Waals surface area contributed by atoms with Crippen molar-refractivity contribution in [1.82, 2.24) is 9.78 Å². The standard InChI is InChI=1S/C18H22BrN3O3S/c1-4-22-15(12(19)9-20-22)16(23)21-17-14(18(24)25-10(2)3)11-7-5-6-8-13(11)26-17/h9-10H,4-8H2,1-3H3,(H,21,23). The molecule has 0 fully saturated rings. The molecule has 1 N–H and O–H groups in total. The Labute approximate surface area is 165 Å². The summed E-state index contributed by atoms with van der Waals surface area (Å²) in [4.78, 5) is 26.7. The second-order valence-corrected chi connectivity index (χ2v) is 8.44. The van der Waals surface area contributed by atoms with Crippen LogP contribution in [0.4, 0.5) is 5.00 Å². The molecule has 1 aliphatic rings. The van der Waals surface area contributed by atoms with Crippen LogP contribution >= 0.6 is 27.3 Å². The van der Waals surface area contributed by atoms with Crippen molar-refractivity contribution in [3.05, 3.63) is 32.4 Å². The Morgan fingerprint density at radius 2 is 2.12 bits per heavy atom. The molecular formula is C18H22BrN3O3S. The normalized spacial score (nSPS) is 13.6. The number of anilines is 1. The number of halogens is 1. The van der Waals surface area contributed by atoms with Crippen LogP contribution in [0.2, 0.25) is 0 Å². The third-order valence-corrected chi connectivity index (χ3v) is 6.04. The Hall–Kier alpha value is -1.67. The predicted molar refractivity (Wildman–Crippen MR) is 105 cm³/mol. The van der Waals surface area contributed by atoms with Gasteiger partial charge in [0.05, 0.1) is 22.3 Å². The summed E-state index contributed by atoms with van der Waals surface area (Å²) in [6, 6.07) is 0. The number of carbonyl (C=O) groups is 2. The Kier molecular flexibility index (Phi) is 5.82. The Bertz CT molecular complexity index is 841. The number of hydrogen-bond acceptors (Lipinski definition) is 5. The topological polar surface area (TPSA) is 73.2 Å². The monoisotopic (exact) mass is 439 g/mol. The van der Waals surface area contributed by atoms with Crippen LogP contribution in [-0.2, 0) is 24.1 Å². The number of carbonyl (C=O) groups excluding carboxylic acids is 2. The molecule has 0 saturated carbocycles. The number of aryl methyl sites for hydroxylation is 2. The summed E-state index contributed by atoms with van der Waals surface area (Å²) >= 11 is 4.86. The molecule has 1 amide bonds. The van der Waals surface area contributed by atoms with Crippen molar-refractivity contribution >= 4 is 44.1 Å². The van der Waals surface area contributed by atoms with Gasteiger partial charge < -0.3 is 10.1 Å². The molecule has 1 aliphatic carbocycles. The van der Waals surface area contributed by atoms with Crippen molar-refractivity contribution in [2.75, 3.05) is 5.32 Å². The largest absolute Gasteiger partial charge is 0.459 e. The first-order valence-corrected chi connectivity index (χ1v) is 10.4. The lowest BCUT2D eigenvalue weighted by molar-refractivity contribution is 0.0378. The molecule has 140 valence electrons. The van der Waals surface area contributed by atoms with Gasteiger partial charge in [0.1, 0.15) is 10.7 Å². The maximum Gasteiger partial charge on any atom is 0.341 e. The molecule has 8 heteroatoms. The van der Waals surface area contributed by atoms with E-state index in [0.717, 1.165) is 31.2 Å². The molecule has 2 heterocycles. The lowest BCUT2D eigenvalue weighted by Gasteiger charge is -2.14. The number of ether oxygens (including phenoxy) is 1. The minimum atomic E-state index is -0.363. The van der Waals surface area contributed by atoms with Gasteiger partial charge in [-0.25, -0.2) is 4.79 Å². The summed E-state index contributed by atoms with van der Waals surface area (Å²) in [5, 5.41) is 7.68. The summed E-state index contributed by atoms with van der Waals surface area (Å²) in [6.07, 6.45) is 5.34. The van der Waals surface area contributed by atoms with Gasteiger partial charge in [-0.05, 0) is 67.9 Å². The van der Waals surface area contributed by atoms with E-state index in [4.69, 9.17) is 4.74 Å². The van der Waals surface area contributed by atoms with Gasteiger partial charge in [0, 0.05) is 11.4 Å². The number of rotatable bonds is 5. The summed E-state index contributed by atoms with van der Waals surface area (Å²) < 4.78 is 7.69. The number of fused-ring (bicyclic) bond motifs is 1. The molecule has 6 nitrogen and oxygen atoms in total. The van der Waals surface area contributed by atoms with Gasteiger partial charge in [0.2, 0.25) is 0 Å². The third-order valence-electron chi connectivity index (χ3n) is 4.25. The third kappa shape index (κ3) is 3.71. The smallest absolute Gasteiger partial charge is 0.341 e. The van der Waals surface area contributed by atoms with Crippen molar-refractivity contribution in [1.29, 1.82) is 0 Å². The number of thiophene rings is 1. The molecule has 0 atom stereocenters. The van der Waals surface area contributed by atoms with Crippen LogP contribution in [0.3, 0.4) is 0 Å². The number of nitrogens with zero attached hydrogens (tertiary/aromatic N) is 2. The molecule has 0 saturated heterocycles. The highest BCUT2D eigenvalue weighted by Crippen LogP contribution is 2.39. The van der Waals surface area contributed by atoms with Crippen molar-refractivity contribution < 1.29 is 14.3 Å². The molecule has 26 heavy (non-hydrogen) atoms. The van der Waals surface area contributed by atoms with Crippen LogP contribution in [0, 0.1) is 0 Å². The molecule has 3 rings (SSSR count). The second-order valence-electron chi connectivity index (χ2n) is 6.48. The predicted octanol–water partition coefficient (Wildman–Crippen LogP) is 4.42. The number of hydrogen-bond donors (Lipinski definition) is 1. The maximum absolute atomic E-state index is 12.8. The van der Waals surface area contributed by atoms with Gasteiger partial charge in [0.15, 0.2) is 0 Å². The minimum absolute atomic E-state index is 0.208. The van der Waals surface area contributed by atoms with E-state index in [2.05, 4.69) is 26.3 Å². The first kappa shape index (κ1) is 19.1. The highest BCUT2D eigenvalue weighted by molar-refractivity contribution is 9.10. The second kappa shape index (κ2) is 7.92. The number of amides is 1.